The smallest absolute Gasteiger partial charge is 0.231 e. The Hall–Kier alpha value is -0.510. The molecular formula is C14H15Cl2NOS. The van der Waals surface area contributed by atoms with Gasteiger partial charge in [0, 0.05) is 18.0 Å². The summed E-state index contributed by atoms with van der Waals surface area (Å²) in [5.74, 6) is 0.0824. The van der Waals surface area contributed by atoms with Crippen LogP contribution in [0, 0.1) is 5.41 Å². The zero-order valence-electron chi connectivity index (χ0n) is 10.7. The molecule has 3 rings (SSSR count). The first-order chi connectivity index (χ1) is 8.94. The second-order valence-electron chi connectivity index (χ2n) is 5.42. The molecule has 1 fully saturated rings. The Labute approximate surface area is 127 Å². The maximum Gasteiger partial charge on any atom is 0.231 e. The van der Waals surface area contributed by atoms with Crippen LogP contribution >= 0.6 is 34.5 Å². The summed E-state index contributed by atoms with van der Waals surface area (Å²) in [6.07, 6.45) is 3.60. The average Bonchev–Trinajstić information content (AvgIpc) is 2.80. The van der Waals surface area contributed by atoms with Crippen molar-refractivity contribution in [3.05, 3.63) is 28.5 Å². The molecule has 1 saturated carbocycles. The molecule has 0 aromatic carbocycles. The molecular weight excluding hydrogens is 301 g/mol. The van der Waals surface area contributed by atoms with E-state index in [0.29, 0.717) is 13.0 Å². The summed E-state index contributed by atoms with van der Waals surface area (Å²) in [6.45, 7) is 3.27. The maximum atomic E-state index is 12.4. The van der Waals surface area contributed by atoms with Crippen LogP contribution in [0.3, 0.4) is 0 Å². The van der Waals surface area contributed by atoms with E-state index in [0.717, 1.165) is 13.0 Å². The maximum absolute atomic E-state index is 12.4. The summed E-state index contributed by atoms with van der Waals surface area (Å²) < 4.78 is -0.873. The van der Waals surface area contributed by atoms with Crippen molar-refractivity contribution in [2.45, 2.75) is 24.1 Å². The summed E-state index contributed by atoms with van der Waals surface area (Å²) >= 11 is 13.9. The van der Waals surface area contributed by atoms with Gasteiger partial charge in [-0.15, -0.1) is 34.5 Å². The van der Waals surface area contributed by atoms with Gasteiger partial charge in [0.25, 0.3) is 0 Å². The number of hydrogen-bond donors (Lipinski definition) is 0. The highest BCUT2D eigenvalue weighted by molar-refractivity contribution is 7.11. The molecule has 2 heterocycles. The van der Waals surface area contributed by atoms with Gasteiger partial charge in [0.15, 0.2) is 0 Å². The van der Waals surface area contributed by atoms with Gasteiger partial charge in [-0.25, -0.2) is 0 Å². The van der Waals surface area contributed by atoms with Crippen LogP contribution in [0.15, 0.2) is 23.6 Å². The minimum Gasteiger partial charge on any atom is -0.338 e. The van der Waals surface area contributed by atoms with Gasteiger partial charge in [-0.1, -0.05) is 12.1 Å². The second kappa shape index (κ2) is 4.51. The van der Waals surface area contributed by atoms with Crippen molar-refractivity contribution in [2.75, 3.05) is 13.1 Å². The quantitative estimate of drug-likeness (QED) is 0.757. The summed E-state index contributed by atoms with van der Waals surface area (Å²) in [4.78, 5) is 15.6. The van der Waals surface area contributed by atoms with Gasteiger partial charge < -0.3 is 4.90 Å². The number of nitrogens with zero attached hydrogens (tertiary/aromatic N) is 1. The van der Waals surface area contributed by atoms with Gasteiger partial charge in [0.05, 0.1) is 5.41 Å². The largest absolute Gasteiger partial charge is 0.338 e. The summed E-state index contributed by atoms with van der Waals surface area (Å²) in [5.41, 5.74) is 0.743. The molecule has 0 bridgehead atoms. The number of amides is 1. The molecule has 1 aliphatic heterocycles. The molecule has 0 unspecified atom stereocenters. The third kappa shape index (κ3) is 2.22. The Morgan fingerprint density at radius 1 is 1.47 bits per heavy atom. The Kier molecular flexibility index (Phi) is 3.19. The van der Waals surface area contributed by atoms with Crippen molar-refractivity contribution < 1.29 is 4.79 Å². The Morgan fingerprint density at radius 3 is 2.68 bits per heavy atom. The zero-order valence-corrected chi connectivity index (χ0v) is 13.0. The van der Waals surface area contributed by atoms with Gasteiger partial charge in [-0.05, 0) is 36.8 Å². The normalized spacial score (nSPS) is 29.0. The first kappa shape index (κ1) is 13.5. The fourth-order valence-electron chi connectivity index (χ4n) is 2.52. The molecule has 5 heteroatoms. The molecule has 0 radical (unpaired) electrons. The van der Waals surface area contributed by atoms with Crippen LogP contribution in [0.25, 0.3) is 5.57 Å². The van der Waals surface area contributed by atoms with Gasteiger partial charge in [0.1, 0.15) is 4.33 Å². The minimum atomic E-state index is -0.873. The van der Waals surface area contributed by atoms with Gasteiger partial charge in [-0.3, -0.25) is 4.79 Å². The molecule has 2 aliphatic rings. The lowest BCUT2D eigenvalue weighted by Crippen LogP contribution is -2.40. The van der Waals surface area contributed by atoms with Crippen molar-refractivity contribution in [1.82, 2.24) is 4.90 Å². The molecule has 0 saturated heterocycles. The third-order valence-electron chi connectivity index (χ3n) is 4.06. The predicted molar refractivity (Wildman–Crippen MR) is 80.7 cm³/mol. The van der Waals surface area contributed by atoms with E-state index in [1.165, 1.54) is 10.5 Å². The van der Waals surface area contributed by atoms with Gasteiger partial charge >= 0.3 is 0 Å². The number of hydrogen-bond acceptors (Lipinski definition) is 2. The number of rotatable bonds is 2. The van der Waals surface area contributed by atoms with E-state index in [9.17, 15) is 4.79 Å². The lowest BCUT2D eigenvalue weighted by Gasteiger charge is -2.29. The number of alkyl halides is 2. The van der Waals surface area contributed by atoms with E-state index < -0.39 is 9.75 Å². The molecule has 1 aliphatic carbocycles. The van der Waals surface area contributed by atoms with Crippen LogP contribution in [0.4, 0.5) is 0 Å². The van der Waals surface area contributed by atoms with Crippen LogP contribution in [-0.2, 0) is 4.79 Å². The van der Waals surface area contributed by atoms with Crippen molar-refractivity contribution in [1.29, 1.82) is 0 Å². The fourth-order valence-corrected chi connectivity index (χ4v) is 4.01. The number of carbonyl (C=O) groups excluding carboxylic acids is 1. The second-order valence-corrected chi connectivity index (χ2v) is 7.85. The van der Waals surface area contributed by atoms with E-state index in [4.69, 9.17) is 23.2 Å². The van der Waals surface area contributed by atoms with E-state index >= 15 is 0 Å². The van der Waals surface area contributed by atoms with Crippen LogP contribution in [0.2, 0.25) is 0 Å². The molecule has 1 amide bonds. The Balaban J connectivity index is 1.69. The third-order valence-corrected chi connectivity index (χ3v) is 6.11. The highest BCUT2D eigenvalue weighted by atomic mass is 35.5. The van der Waals surface area contributed by atoms with Crippen LogP contribution < -0.4 is 0 Å². The highest BCUT2D eigenvalue weighted by Gasteiger charge is 2.68. The summed E-state index contributed by atoms with van der Waals surface area (Å²) in [5, 5.41) is 2.08. The zero-order chi connectivity index (χ0) is 13.7. The minimum absolute atomic E-state index is 0.0824. The Morgan fingerprint density at radius 2 is 2.21 bits per heavy atom. The van der Waals surface area contributed by atoms with E-state index in [1.54, 1.807) is 11.3 Å². The van der Waals surface area contributed by atoms with Crippen LogP contribution in [0.1, 0.15) is 24.6 Å². The number of carbonyl (C=O) groups is 1. The molecule has 102 valence electrons. The molecule has 0 N–H and O–H groups in total. The Bertz CT molecular complexity index is 538. The molecule has 2 nitrogen and oxygen atoms in total. The first-order valence-corrected chi connectivity index (χ1v) is 7.98. The molecule has 0 spiro atoms. The molecule has 1 atom stereocenters. The number of thiophene rings is 1. The summed E-state index contributed by atoms with van der Waals surface area (Å²) in [7, 11) is 0. The van der Waals surface area contributed by atoms with Crippen molar-refractivity contribution in [2.24, 2.45) is 5.41 Å². The highest BCUT2D eigenvalue weighted by Crippen LogP contribution is 2.64. The first-order valence-electron chi connectivity index (χ1n) is 6.34. The average molecular weight is 316 g/mol. The van der Waals surface area contributed by atoms with Crippen molar-refractivity contribution >= 4 is 46.0 Å². The standard InChI is InChI=1S/C14H15Cl2NOS/c1-13(9-14(13,15)16)12(18)17-6-4-10(5-7-17)11-3-2-8-19-11/h2-4,8H,5-7,9H2,1H3/t13-/m1/s1. The van der Waals surface area contributed by atoms with Crippen LogP contribution in [-0.4, -0.2) is 28.2 Å². The fraction of sp³-hybridized carbons (Fsp3) is 0.500. The topological polar surface area (TPSA) is 20.3 Å². The van der Waals surface area contributed by atoms with Crippen molar-refractivity contribution in [3.63, 3.8) is 0 Å². The SMILES string of the molecule is C[C@]1(C(=O)N2CC=C(c3cccs3)CC2)CC1(Cl)Cl. The van der Waals surface area contributed by atoms with Crippen LogP contribution in [0.5, 0.6) is 0 Å². The number of halogens is 2. The van der Waals surface area contributed by atoms with E-state index in [-0.39, 0.29) is 5.91 Å². The lowest BCUT2D eigenvalue weighted by molar-refractivity contribution is -0.136. The van der Waals surface area contributed by atoms with Gasteiger partial charge in [-0.2, -0.15) is 0 Å². The lowest BCUT2D eigenvalue weighted by atomic mass is 10.0. The molecule has 1 aromatic rings. The monoisotopic (exact) mass is 315 g/mol. The summed E-state index contributed by atoms with van der Waals surface area (Å²) in [6, 6.07) is 4.18. The van der Waals surface area contributed by atoms with E-state index in [1.807, 2.05) is 11.8 Å². The van der Waals surface area contributed by atoms with Crippen molar-refractivity contribution in [3.8, 4) is 0 Å². The predicted octanol–water partition coefficient (Wildman–Crippen LogP) is 3.95. The van der Waals surface area contributed by atoms with E-state index in [2.05, 4.69) is 23.6 Å². The molecule has 19 heavy (non-hydrogen) atoms. The van der Waals surface area contributed by atoms with Gasteiger partial charge in [0.2, 0.25) is 5.91 Å². The molecule has 1 aromatic heterocycles.